The van der Waals surface area contributed by atoms with Crippen molar-refractivity contribution in [1.29, 1.82) is 0 Å². The van der Waals surface area contributed by atoms with Crippen molar-refractivity contribution < 1.29 is 19.0 Å². The molecular formula is C24H18BrClN2O5S. The molecule has 0 bridgehead atoms. The number of hydrogen-bond donors (Lipinski definition) is 0. The highest BCUT2D eigenvalue weighted by Crippen LogP contribution is 2.37. The molecule has 7 nitrogen and oxygen atoms in total. The van der Waals surface area contributed by atoms with E-state index in [2.05, 4.69) is 20.9 Å². The van der Waals surface area contributed by atoms with Gasteiger partial charge in [0.25, 0.3) is 5.56 Å². The fraction of sp³-hybridized carbons (Fsp3) is 0.208. The predicted molar refractivity (Wildman–Crippen MR) is 132 cm³/mol. The number of fused-ring (bicyclic) bond motifs is 2. The molecule has 1 aromatic heterocycles. The third kappa shape index (κ3) is 3.97. The van der Waals surface area contributed by atoms with E-state index in [1.165, 1.54) is 11.3 Å². The molecule has 5 rings (SSSR count). The Hall–Kier alpha value is -2.88. The van der Waals surface area contributed by atoms with Gasteiger partial charge < -0.3 is 14.2 Å². The van der Waals surface area contributed by atoms with Crippen LogP contribution in [0, 0.1) is 0 Å². The van der Waals surface area contributed by atoms with Crippen LogP contribution in [-0.2, 0) is 9.53 Å². The maximum absolute atomic E-state index is 13.7. The number of carbonyl (C=O) groups is 1. The molecule has 0 aliphatic carbocycles. The van der Waals surface area contributed by atoms with Gasteiger partial charge in [-0.3, -0.25) is 9.36 Å². The van der Waals surface area contributed by atoms with Crippen molar-refractivity contribution >= 4 is 50.9 Å². The van der Waals surface area contributed by atoms with Crippen LogP contribution >= 0.6 is 38.9 Å². The van der Waals surface area contributed by atoms with Crippen molar-refractivity contribution in [2.75, 3.05) is 13.4 Å². The first-order valence-corrected chi connectivity index (χ1v) is 12.4. The average molecular weight is 562 g/mol. The Balaban J connectivity index is 1.71. The van der Waals surface area contributed by atoms with Crippen LogP contribution in [0.2, 0.25) is 5.02 Å². The molecule has 3 heterocycles. The van der Waals surface area contributed by atoms with Crippen LogP contribution in [0.1, 0.15) is 31.0 Å². The van der Waals surface area contributed by atoms with E-state index >= 15 is 0 Å². The summed E-state index contributed by atoms with van der Waals surface area (Å²) >= 11 is 10.9. The largest absolute Gasteiger partial charge is 0.463 e. The Bertz CT molecular complexity index is 1520. The van der Waals surface area contributed by atoms with E-state index in [9.17, 15) is 9.59 Å². The van der Waals surface area contributed by atoms with Crippen LogP contribution < -0.4 is 24.4 Å². The van der Waals surface area contributed by atoms with Gasteiger partial charge >= 0.3 is 5.97 Å². The molecule has 0 radical (unpaired) electrons. The van der Waals surface area contributed by atoms with Crippen LogP contribution in [0.5, 0.6) is 11.5 Å². The first-order chi connectivity index (χ1) is 16.4. The molecule has 0 amide bonds. The molecule has 2 aliphatic heterocycles. The Morgan fingerprint density at radius 3 is 2.71 bits per heavy atom. The molecule has 1 atom stereocenters. The zero-order chi connectivity index (χ0) is 24.0. The molecule has 0 saturated heterocycles. The highest BCUT2D eigenvalue weighted by molar-refractivity contribution is 9.10. The molecule has 0 spiro atoms. The van der Waals surface area contributed by atoms with Crippen molar-refractivity contribution in [3.63, 3.8) is 0 Å². The summed E-state index contributed by atoms with van der Waals surface area (Å²) < 4.78 is 19.0. The molecule has 0 unspecified atom stereocenters. The van der Waals surface area contributed by atoms with Gasteiger partial charge in [-0.1, -0.05) is 51.0 Å². The highest BCUT2D eigenvalue weighted by atomic mass is 79.9. The van der Waals surface area contributed by atoms with Crippen molar-refractivity contribution in [2.24, 2.45) is 4.99 Å². The smallest absolute Gasteiger partial charge is 0.338 e. The second kappa shape index (κ2) is 9.05. The number of esters is 1. The van der Waals surface area contributed by atoms with Crippen LogP contribution in [0.15, 0.2) is 61.9 Å². The lowest BCUT2D eigenvalue weighted by atomic mass is 9.96. The lowest BCUT2D eigenvalue weighted by Gasteiger charge is -2.24. The monoisotopic (exact) mass is 560 g/mol. The zero-order valence-corrected chi connectivity index (χ0v) is 21.3. The zero-order valence-electron chi connectivity index (χ0n) is 18.1. The van der Waals surface area contributed by atoms with Crippen LogP contribution in [-0.4, -0.2) is 23.9 Å². The summed E-state index contributed by atoms with van der Waals surface area (Å²) in [6.45, 7) is 3.86. The number of thiazole rings is 1. The quantitative estimate of drug-likeness (QED) is 0.451. The van der Waals surface area contributed by atoms with E-state index in [1.54, 1.807) is 48.8 Å². The van der Waals surface area contributed by atoms with Gasteiger partial charge in [-0.05, 0) is 55.3 Å². The minimum Gasteiger partial charge on any atom is -0.463 e. The van der Waals surface area contributed by atoms with Crippen LogP contribution in [0.25, 0.3) is 6.08 Å². The fourth-order valence-corrected chi connectivity index (χ4v) is 5.54. The molecule has 0 N–H and O–H groups in total. The molecule has 0 fully saturated rings. The summed E-state index contributed by atoms with van der Waals surface area (Å²) in [5, 5.41) is 0.558. The number of nitrogens with zero attached hydrogens (tertiary/aromatic N) is 2. The Kier molecular flexibility index (Phi) is 6.09. The van der Waals surface area contributed by atoms with Gasteiger partial charge in [-0.15, -0.1) is 0 Å². The van der Waals surface area contributed by atoms with E-state index in [-0.39, 0.29) is 19.0 Å². The topological polar surface area (TPSA) is 79.1 Å². The van der Waals surface area contributed by atoms with Crippen molar-refractivity contribution in [3.05, 3.63) is 88.0 Å². The maximum Gasteiger partial charge on any atom is 0.338 e. The molecule has 2 aliphatic rings. The third-order valence-corrected chi connectivity index (χ3v) is 7.40. The summed E-state index contributed by atoms with van der Waals surface area (Å²) in [6, 6.07) is 10.0. The minimum absolute atomic E-state index is 0.157. The van der Waals surface area contributed by atoms with Crippen molar-refractivity contribution in [1.82, 2.24) is 4.57 Å². The second-order valence-electron chi connectivity index (χ2n) is 7.58. The van der Waals surface area contributed by atoms with Gasteiger partial charge in [-0.2, -0.15) is 0 Å². The molecular weight excluding hydrogens is 544 g/mol. The standard InChI is InChI=1S/C24H18BrClN2O5S/c1-3-31-23(30)20-12(2)27-24-28(21(20)13-4-6-15(26)7-5-13)22(29)19(34-24)9-14-8-17-18(10-16(14)25)33-11-32-17/h4-10,21H,3,11H2,1-2H3/t21-/m1/s1. The molecule has 0 saturated carbocycles. The number of benzene rings is 2. The van der Waals surface area contributed by atoms with Crippen molar-refractivity contribution in [2.45, 2.75) is 19.9 Å². The lowest BCUT2D eigenvalue weighted by Crippen LogP contribution is -2.39. The Morgan fingerprint density at radius 2 is 2.00 bits per heavy atom. The first-order valence-electron chi connectivity index (χ1n) is 10.4. The van der Waals surface area contributed by atoms with Gasteiger partial charge in [0, 0.05) is 9.50 Å². The summed E-state index contributed by atoms with van der Waals surface area (Å²) in [4.78, 5) is 31.7. The van der Waals surface area contributed by atoms with Gasteiger partial charge in [0.05, 0.1) is 28.5 Å². The maximum atomic E-state index is 13.7. The van der Waals surface area contributed by atoms with Gasteiger partial charge in [0.2, 0.25) is 6.79 Å². The number of carbonyl (C=O) groups excluding carboxylic acids is 1. The van der Waals surface area contributed by atoms with E-state index in [0.717, 1.165) is 15.6 Å². The van der Waals surface area contributed by atoms with E-state index in [0.29, 0.717) is 37.1 Å². The van der Waals surface area contributed by atoms with Crippen LogP contribution in [0.4, 0.5) is 0 Å². The second-order valence-corrected chi connectivity index (χ2v) is 9.88. The Morgan fingerprint density at radius 1 is 1.29 bits per heavy atom. The minimum atomic E-state index is -0.685. The van der Waals surface area contributed by atoms with Gasteiger partial charge in [-0.25, -0.2) is 9.79 Å². The van der Waals surface area contributed by atoms with E-state index in [1.807, 2.05) is 12.1 Å². The summed E-state index contributed by atoms with van der Waals surface area (Å²) in [5.74, 6) is 0.751. The predicted octanol–water partition coefficient (Wildman–Crippen LogP) is 3.94. The van der Waals surface area contributed by atoms with E-state index in [4.69, 9.17) is 25.8 Å². The molecule has 3 aromatic rings. The lowest BCUT2D eigenvalue weighted by molar-refractivity contribution is -0.139. The summed E-state index contributed by atoms with van der Waals surface area (Å²) in [6.07, 6.45) is 1.78. The van der Waals surface area contributed by atoms with E-state index < -0.39 is 12.0 Å². The average Bonchev–Trinajstić information content (AvgIpc) is 3.37. The summed E-state index contributed by atoms with van der Waals surface area (Å²) in [7, 11) is 0. The number of allylic oxidation sites excluding steroid dienone is 1. The SMILES string of the molecule is CCOC(=O)C1=C(C)N=c2sc(=Cc3cc4c(cc3Br)OCO4)c(=O)n2[C@@H]1c1ccc(Cl)cc1. The highest BCUT2D eigenvalue weighted by Gasteiger charge is 2.33. The molecule has 174 valence electrons. The summed E-state index contributed by atoms with van der Waals surface area (Å²) in [5.41, 5.74) is 2.07. The normalized spacial score (nSPS) is 16.9. The number of halogens is 2. The Labute approximate surface area is 211 Å². The fourth-order valence-electron chi connectivity index (χ4n) is 3.94. The number of aromatic nitrogens is 1. The van der Waals surface area contributed by atoms with Gasteiger partial charge in [0.1, 0.15) is 0 Å². The molecule has 10 heteroatoms. The molecule has 2 aromatic carbocycles. The third-order valence-electron chi connectivity index (χ3n) is 5.48. The number of rotatable bonds is 4. The first kappa shape index (κ1) is 22.9. The van der Waals surface area contributed by atoms with Crippen LogP contribution in [0.3, 0.4) is 0 Å². The van der Waals surface area contributed by atoms with Gasteiger partial charge in [0.15, 0.2) is 16.3 Å². The number of hydrogen-bond acceptors (Lipinski definition) is 7. The number of ether oxygens (including phenoxy) is 3. The van der Waals surface area contributed by atoms with Crippen molar-refractivity contribution in [3.8, 4) is 11.5 Å². The molecule has 34 heavy (non-hydrogen) atoms.